The van der Waals surface area contributed by atoms with Crippen molar-refractivity contribution < 1.29 is 34.8 Å². The molecule has 0 unspecified atom stereocenters. The van der Waals surface area contributed by atoms with Gasteiger partial charge in [-0.1, -0.05) is 72.8 Å². The number of aromatic nitrogens is 1. The first kappa shape index (κ1) is 31.2. The number of hydrogen-bond acceptors (Lipinski definition) is 3. The molecule has 0 aliphatic heterocycles. The molecular formula is C38H21F6NO2S2. The highest BCUT2D eigenvalue weighted by Gasteiger charge is 2.38. The summed E-state index contributed by atoms with van der Waals surface area (Å²) in [5.41, 5.74) is 0.976. The summed E-state index contributed by atoms with van der Waals surface area (Å²) >= 11 is 1.74. The van der Waals surface area contributed by atoms with Crippen molar-refractivity contribution in [2.75, 3.05) is 0 Å². The van der Waals surface area contributed by atoms with Crippen molar-refractivity contribution in [3.05, 3.63) is 139 Å². The predicted molar refractivity (Wildman–Crippen MR) is 181 cm³/mol. The van der Waals surface area contributed by atoms with E-state index in [-0.39, 0.29) is 18.2 Å². The topological polar surface area (TPSA) is 39.1 Å². The second-order valence-electron chi connectivity index (χ2n) is 11.6. The summed E-state index contributed by atoms with van der Waals surface area (Å²) < 4.78 is 111. The van der Waals surface area contributed by atoms with Crippen molar-refractivity contribution >= 4 is 63.2 Å². The molecule has 0 bridgehead atoms. The van der Waals surface area contributed by atoms with Crippen LogP contribution in [-0.4, -0.2) is 13.0 Å². The highest BCUT2D eigenvalue weighted by molar-refractivity contribution is 7.91. The molecule has 0 atom stereocenters. The van der Waals surface area contributed by atoms with E-state index in [9.17, 15) is 34.8 Å². The van der Waals surface area contributed by atoms with Crippen LogP contribution in [0.5, 0.6) is 0 Å². The van der Waals surface area contributed by atoms with Gasteiger partial charge in [-0.2, -0.15) is 26.3 Å². The fourth-order valence-electron chi connectivity index (χ4n) is 6.35. The standard InChI is InChI=1S/C38H21F6NO2S2/c39-37(40,41)24-19-25(38(42,43)44)21-28(20-24)49(46,47)27-15-11-23(12-16-27)22-9-13-26(14-10-22)45-33-7-3-1-5-29(33)31-17-18-32-30-6-2-4-8-34(30)48-36(32)35(31)45/h1-21H. The third-order valence-electron chi connectivity index (χ3n) is 8.67. The van der Waals surface area contributed by atoms with E-state index in [0.717, 1.165) is 33.1 Å². The van der Waals surface area contributed by atoms with Crippen molar-refractivity contribution in [2.24, 2.45) is 0 Å². The molecule has 6 aromatic carbocycles. The van der Waals surface area contributed by atoms with Gasteiger partial charge in [0.15, 0.2) is 0 Å². The van der Waals surface area contributed by atoms with Crippen LogP contribution in [0.3, 0.4) is 0 Å². The number of alkyl halides is 6. The molecule has 3 nitrogen and oxygen atoms in total. The summed E-state index contributed by atoms with van der Waals surface area (Å²) in [6.07, 6.45) is -10.4. The minimum absolute atomic E-state index is 0.101. The lowest BCUT2D eigenvalue weighted by atomic mass is 10.1. The van der Waals surface area contributed by atoms with E-state index in [2.05, 4.69) is 41.0 Å². The zero-order chi connectivity index (χ0) is 34.3. The summed E-state index contributed by atoms with van der Waals surface area (Å²) in [5.74, 6) is 0. The first-order chi connectivity index (χ1) is 23.3. The number of hydrogen-bond donors (Lipinski definition) is 0. The highest BCUT2D eigenvalue weighted by atomic mass is 32.2. The molecule has 2 aromatic heterocycles. The Bertz CT molecular complexity index is 2660. The van der Waals surface area contributed by atoms with E-state index < -0.39 is 43.1 Å². The van der Waals surface area contributed by atoms with Gasteiger partial charge in [-0.15, -0.1) is 11.3 Å². The maximum absolute atomic E-state index is 13.4. The maximum atomic E-state index is 13.4. The van der Waals surface area contributed by atoms with Crippen LogP contribution in [0.4, 0.5) is 26.3 Å². The van der Waals surface area contributed by atoms with Gasteiger partial charge in [-0.3, -0.25) is 0 Å². The molecule has 8 aromatic rings. The average Bonchev–Trinajstić information content (AvgIpc) is 3.63. The maximum Gasteiger partial charge on any atom is 0.416 e. The first-order valence-corrected chi connectivity index (χ1v) is 17.2. The van der Waals surface area contributed by atoms with Gasteiger partial charge in [0.2, 0.25) is 9.84 Å². The van der Waals surface area contributed by atoms with Gasteiger partial charge in [0.05, 0.1) is 36.7 Å². The van der Waals surface area contributed by atoms with Gasteiger partial charge < -0.3 is 4.57 Å². The quantitative estimate of drug-likeness (QED) is 0.171. The fraction of sp³-hybridized carbons (Fsp3) is 0.0526. The summed E-state index contributed by atoms with van der Waals surface area (Å²) in [6.45, 7) is 0. The molecule has 0 spiro atoms. The summed E-state index contributed by atoms with van der Waals surface area (Å²) in [6, 6.07) is 34.1. The van der Waals surface area contributed by atoms with E-state index in [4.69, 9.17) is 0 Å². The molecule has 11 heteroatoms. The molecule has 0 aliphatic carbocycles. The monoisotopic (exact) mass is 701 g/mol. The van der Waals surface area contributed by atoms with Crippen molar-refractivity contribution in [2.45, 2.75) is 22.1 Å². The fourth-order valence-corrected chi connectivity index (χ4v) is 8.92. The van der Waals surface area contributed by atoms with Gasteiger partial charge in [0.1, 0.15) is 0 Å². The Labute approximate surface area is 279 Å². The van der Waals surface area contributed by atoms with Crippen LogP contribution in [-0.2, 0) is 22.2 Å². The van der Waals surface area contributed by atoms with E-state index in [1.54, 1.807) is 11.3 Å². The summed E-state index contributed by atoms with van der Waals surface area (Å²) in [7, 11) is -4.71. The minimum atomic E-state index is -5.18. The summed E-state index contributed by atoms with van der Waals surface area (Å²) in [5, 5.41) is 4.60. The van der Waals surface area contributed by atoms with Crippen LogP contribution >= 0.6 is 11.3 Å². The Morgan fingerprint density at radius 1 is 0.531 bits per heavy atom. The van der Waals surface area contributed by atoms with Crippen molar-refractivity contribution in [1.29, 1.82) is 0 Å². The Balaban J connectivity index is 1.18. The van der Waals surface area contributed by atoms with Crippen LogP contribution in [0.2, 0.25) is 0 Å². The number of rotatable bonds is 4. The molecule has 0 fully saturated rings. The molecule has 244 valence electrons. The Morgan fingerprint density at radius 2 is 1.08 bits per heavy atom. The molecule has 0 saturated carbocycles. The Hall–Kier alpha value is -5.13. The molecule has 0 saturated heterocycles. The van der Waals surface area contributed by atoms with Crippen molar-refractivity contribution in [1.82, 2.24) is 4.57 Å². The van der Waals surface area contributed by atoms with E-state index in [0.29, 0.717) is 5.56 Å². The predicted octanol–water partition coefficient (Wildman–Crippen LogP) is 11.7. The SMILES string of the molecule is O=S(=O)(c1ccc(-c2ccc(-n3c4ccccc4c4ccc5c6ccccc6sc5c43)cc2)cc1)c1cc(C(F)(F)F)cc(C(F)(F)F)c1. The van der Waals surface area contributed by atoms with Crippen LogP contribution in [0.25, 0.3) is 58.8 Å². The Kier molecular flexibility index (Phi) is 6.96. The third kappa shape index (κ3) is 5.15. The van der Waals surface area contributed by atoms with E-state index >= 15 is 0 Å². The van der Waals surface area contributed by atoms with Crippen LogP contribution < -0.4 is 0 Å². The van der Waals surface area contributed by atoms with Gasteiger partial charge in [-0.05, 0) is 65.7 Å². The second kappa shape index (κ2) is 10.9. The van der Waals surface area contributed by atoms with Crippen LogP contribution in [0.15, 0.2) is 137 Å². The molecule has 49 heavy (non-hydrogen) atoms. The molecular weight excluding hydrogens is 681 g/mol. The van der Waals surface area contributed by atoms with Crippen LogP contribution in [0, 0.1) is 0 Å². The van der Waals surface area contributed by atoms with Gasteiger partial charge in [0.25, 0.3) is 0 Å². The van der Waals surface area contributed by atoms with Crippen LogP contribution in [0.1, 0.15) is 11.1 Å². The van der Waals surface area contributed by atoms with Gasteiger partial charge in [-0.25, -0.2) is 8.42 Å². The number of para-hydroxylation sites is 1. The molecule has 0 radical (unpaired) electrons. The van der Waals surface area contributed by atoms with E-state index in [1.165, 1.54) is 44.4 Å². The number of thiophene rings is 1. The normalized spacial score (nSPS) is 12.9. The third-order valence-corrected chi connectivity index (χ3v) is 11.6. The minimum Gasteiger partial charge on any atom is -0.308 e. The zero-order valence-electron chi connectivity index (χ0n) is 25.0. The van der Waals surface area contributed by atoms with Gasteiger partial charge >= 0.3 is 12.4 Å². The van der Waals surface area contributed by atoms with Gasteiger partial charge in [0, 0.05) is 31.9 Å². The Morgan fingerprint density at radius 3 is 1.71 bits per heavy atom. The number of benzene rings is 6. The smallest absolute Gasteiger partial charge is 0.308 e. The molecule has 2 heterocycles. The first-order valence-electron chi connectivity index (χ1n) is 14.9. The largest absolute Gasteiger partial charge is 0.416 e. The van der Waals surface area contributed by atoms with Crippen molar-refractivity contribution in [3.8, 4) is 16.8 Å². The zero-order valence-corrected chi connectivity index (χ0v) is 26.6. The lowest BCUT2D eigenvalue weighted by Crippen LogP contribution is -2.13. The van der Waals surface area contributed by atoms with Crippen molar-refractivity contribution in [3.63, 3.8) is 0 Å². The highest BCUT2D eigenvalue weighted by Crippen LogP contribution is 2.43. The summed E-state index contributed by atoms with van der Waals surface area (Å²) in [4.78, 5) is -1.52. The van der Waals surface area contributed by atoms with E-state index in [1.807, 2.05) is 48.5 Å². The number of halogens is 6. The second-order valence-corrected chi connectivity index (χ2v) is 14.6. The number of sulfone groups is 1. The number of fused-ring (bicyclic) bond motifs is 7. The average molecular weight is 702 g/mol. The molecule has 0 aliphatic rings. The molecule has 0 N–H and O–H groups in total. The lowest BCUT2D eigenvalue weighted by molar-refractivity contribution is -0.143. The lowest BCUT2D eigenvalue weighted by Gasteiger charge is -2.15. The molecule has 0 amide bonds. The number of nitrogens with zero attached hydrogens (tertiary/aromatic N) is 1. The molecule has 8 rings (SSSR count).